The van der Waals surface area contributed by atoms with E-state index in [1.807, 2.05) is 0 Å². The third-order valence-electron chi connectivity index (χ3n) is 7.84. The summed E-state index contributed by atoms with van der Waals surface area (Å²) in [7, 11) is 0. The van der Waals surface area contributed by atoms with E-state index < -0.39 is 0 Å². The Bertz CT molecular complexity index is 551. The lowest BCUT2D eigenvalue weighted by Crippen LogP contribution is -2.56. The average molecular weight is 349 g/mol. The molecule has 3 rings (SSSR count). The molecule has 0 aromatic heterocycles. The summed E-state index contributed by atoms with van der Waals surface area (Å²) in [6.45, 7) is 11.0. The molecule has 2 fully saturated rings. The lowest BCUT2D eigenvalue weighted by atomic mass is 9.45. The van der Waals surface area contributed by atoms with E-state index in [2.05, 4.69) is 33.8 Å². The molecule has 3 aliphatic carbocycles. The standard InChI is InChI=1S/C22H36O3/c1-14(2)16-7-8-18-17(11-16)19(25-15(3)24)12-20-21(4,13-23)9-6-10-22(18,20)5/h11,14,16,18-20,23H,6-10,12-13H2,1-5H3/t16-,18+,19-,20+,21+,22-/m1/s1. The quantitative estimate of drug-likeness (QED) is 0.592. The van der Waals surface area contributed by atoms with Gasteiger partial charge in [0.15, 0.2) is 0 Å². The van der Waals surface area contributed by atoms with E-state index in [1.54, 1.807) is 0 Å². The molecule has 0 bridgehead atoms. The largest absolute Gasteiger partial charge is 0.458 e. The van der Waals surface area contributed by atoms with Crippen LogP contribution in [0.4, 0.5) is 0 Å². The molecule has 3 aliphatic rings. The van der Waals surface area contributed by atoms with Crippen molar-refractivity contribution in [3.05, 3.63) is 11.6 Å². The molecule has 0 aromatic rings. The Labute approximate surface area is 153 Å². The number of rotatable bonds is 3. The first-order chi connectivity index (χ1) is 11.7. The van der Waals surface area contributed by atoms with Crippen molar-refractivity contribution in [3.63, 3.8) is 0 Å². The van der Waals surface area contributed by atoms with Gasteiger partial charge in [0.25, 0.3) is 0 Å². The van der Waals surface area contributed by atoms with Gasteiger partial charge in [0.2, 0.25) is 0 Å². The Morgan fingerprint density at radius 1 is 1.32 bits per heavy atom. The molecule has 1 N–H and O–H groups in total. The van der Waals surface area contributed by atoms with Gasteiger partial charge < -0.3 is 9.84 Å². The van der Waals surface area contributed by atoms with Crippen LogP contribution >= 0.6 is 0 Å². The Morgan fingerprint density at radius 3 is 2.64 bits per heavy atom. The molecule has 0 aromatic carbocycles. The van der Waals surface area contributed by atoms with Crippen molar-refractivity contribution in [2.75, 3.05) is 6.61 Å². The molecular weight excluding hydrogens is 312 g/mol. The summed E-state index contributed by atoms with van der Waals surface area (Å²) in [6, 6.07) is 0. The van der Waals surface area contributed by atoms with Crippen molar-refractivity contribution in [2.45, 2.75) is 79.2 Å². The summed E-state index contributed by atoms with van der Waals surface area (Å²) >= 11 is 0. The van der Waals surface area contributed by atoms with E-state index in [0.29, 0.717) is 23.7 Å². The number of aliphatic hydroxyl groups excluding tert-OH is 1. The topological polar surface area (TPSA) is 46.5 Å². The molecule has 3 nitrogen and oxygen atoms in total. The van der Waals surface area contributed by atoms with Crippen molar-refractivity contribution in [2.24, 2.45) is 34.5 Å². The molecule has 0 spiro atoms. The summed E-state index contributed by atoms with van der Waals surface area (Å²) in [6.07, 6.45) is 9.17. The van der Waals surface area contributed by atoms with E-state index in [1.165, 1.54) is 38.2 Å². The summed E-state index contributed by atoms with van der Waals surface area (Å²) in [5, 5.41) is 10.2. The molecule has 2 saturated carbocycles. The first-order valence-corrected chi connectivity index (χ1v) is 10.2. The van der Waals surface area contributed by atoms with Gasteiger partial charge in [-0.05, 0) is 72.2 Å². The van der Waals surface area contributed by atoms with Gasteiger partial charge in [-0.2, -0.15) is 0 Å². The van der Waals surface area contributed by atoms with E-state index in [9.17, 15) is 9.90 Å². The first kappa shape index (κ1) is 18.9. The molecule has 0 heterocycles. The lowest BCUT2D eigenvalue weighted by molar-refractivity contribution is -0.157. The van der Waals surface area contributed by atoms with Crippen molar-refractivity contribution in [1.29, 1.82) is 0 Å². The minimum Gasteiger partial charge on any atom is -0.458 e. The van der Waals surface area contributed by atoms with Gasteiger partial charge >= 0.3 is 5.97 Å². The number of fused-ring (bicyclic) bond motifs is 3. The maximum Gasteiger partial charge on any atom is 0.303 e. The number of hydrogen-bond acceptors (Lipinski definition) is 3. The fourth-order valence-electron chi connectivity index (χ4n) is 6.38. The number of aliphatic hydroxyl groups is 1. The van der Waals surface area contributed by atoms with E-state index >= 15 is 0 Å². The second-order valence-corrected chi connectivity index (χ2v) is 9.76. The number of hydrogen-bond donors (Lipinski definition) is 1. The Hall–Kier alpha value is -0.830. The third-order valence-corrected chi connectivity index (χ3v) is 7.84. The van der Waals surface area contributed by atoms with Crippen LogP contribution in [0, 0.1) is 34.5 Å². The Balaban J connectivity index is 2.02. The maximum atomic E-state index is 11.8. The molecule has 3 heteroatoms. The zero-order valence-electron chi connectivity index (χ0n) is 16.7. The van der Waals surface area contributed by atoms with E-state index in [4.69, 9.17) is 4.74 Å². The molecule has 6 atom stereocenters. The van der Waals surface area contributed by atoms with Crippen LogP contribution in [0.25, 0.3) is 0 Å². The summed E-state index contributed by atoms with van der Waals surface area (Å²) in [5.41, 5.74) is 1.56. The van der Waals surface area contributed by atoms with E-state index in [-0.39, 0.29) is 29.5 Å². The van der Waals surface area contributed by atoms with Crippen molar-refractivity contribution in [1.82, 2.24) is 0 Å². The monoisotopic (exact) mass is 348 g/mol. The van der Waals surface area contributed by atoms with Crippen LogP contribution in [-0.4, -0.2) is 23.8 Å². The Kier molecular flexibility index (Phi) is 5.09. The van der Waals surface area contributed by atoms with Crippen LogP contribution < -0.4 is 0 Å². The average Bonchev–Trinajstić information content (AvgIpc) is 2.56. The van der Waals surface area contributed by atoms with Crippen molar-refractivity contribution < 1.29 is 14.6 Å². The number of carbonyl (C=O) groups is 1. The van der Waals surface area contributed by atoms with Crippen LogP contribution in [0.15, 0.2) is 11.6 Å². The molecule has 0 saturated heterocycles. The number of carbonyl (C=O) groups excluding carboxylic acids is 1. The first-order valence-electron chi connectivity index (χ1n) is 10.2. The van der Waals surface area contributed by atoms with Crippen molar-refractivity contribution in [3.8, 4) is 0 Å². The van der Waals surface area contributed by atoms with Crippen LogP contribution in [0.3, 0.4) is 0 Å². The molecule has 0 radical (unpaired) electrons. The fourth-order valence-corrected chi connectivity index (χ4v) is 6.38. The SMILES string of the molecule is CC(=O)O[C@@H]1C[C@H]2[C@](C)(CO)CCC[C@]2(C)[C@H]2CC[C@@H](C(C)C)C=C12. The normalized spacial score (nSPS) is 43.9. The summed E-state index contributed by atoms with van der Waals surface area (Å²) in [5.74, 6) is 1.96. The second kappa shape index (κ2) is 6.72. The van der Waals surface area contributed by atoms with Crippen LogP contribution in [-0.2, 0) is 9.53 Å². The van der Waals surface area contributed by atoms with Gasteiger partial charge in [-0.25, -0.2) is 0 Å². The summed E-state index contributed by atoms with van der Waals surface area (Å²) < 4.78 is 5.83. The number of ether oxygens (including phenoxy) is 1. The highest BCUT2D eigenvalue weighted by Crippen LogP contribution is 2.63. The van der Waals surface area contributed by atoms with Gasteiger partial charge in [0.05, 0.1) is 0 Å². The summed E-state index contributed by atoms with van der Waals surface area (Å²) in [4.78, 5) is 11.8. The molecule has 0 aliphatic heterocycles. The Morgan fingerprint density at radius 2 is 2.04 bits per heavy atom. The van der Waals surface area contributed by atoms with Crippen LogP contribution in [0.1, 0.15) is 73.1 Å². The lowest BCUT2D eigenvalue weighted by Gasteiger charge is -2.60. The van der Waals surface area contributed by atoms with Gasteiger partial charge in [0, 0.05) is 13.5 Å². The second-order valence-electron chi connectivity index (χ2n) is 9.76. The molecular formula is C22H36O3. The zero-order chi connectivity index (χ0) is 18.4. The highest BCUT2D eigenvalue weighted by Gasteiger charge is 2.58. The number of allylic oxidation sites excluding steroid dienone is 1. The van der Waals surface area contributed by atoms with Crippen LogP contribution in [0.2, 0.25) is 0 Å². The van der Waals surface area contributed by atoms with Gasteiger partial charge in [-0.15, -0.1) is 0 Å². The predicted octanol–water partition coefficient (Wildman–Crippen LogP) is 4.74. The number of esters is 1. The minimum absolute atomic E-state index is 0.0498. The molecule has 0 amide bonds. The molecule has 142 valence electrons. The smallest absolute Gasteiger partial charge is 0.303 e. The highest BCUT2D eigenvalue weighted by atomic mass is 16.5. The molecule has 25 heavy (non-hydrogen) atoms. The maximum absolute atomic E-state index is 11.8. The third kappa shape index (κ3) is 3.18. The predicted molar refractivity (Wildman–Crippen MR) is 99.9 cm³/mol. The van der Waals surface area contributed by atoms with E-state index in [0.717, 1.165) is 12.8 Å². The van der Waals surface area contributed by atoms with Gasteiger partial charge in [-0.1, -0.05) is 40.2 Å². The minimum atomic E-state index is -0.179. The van der Waals surface area contributed by atoms with Crippen molar-refractivity contribution >= 4 is 5.97 Å². The van der Waals surface area contributed by atoms with Gasteiger partial charge in [-0.3, -0.25) is 4.79 Å². The van der Waals surface area contributed by atoms with Gasteiger partial charge in [0.1, 0.15) is 6.10 Å². The zero-order valence-corrected chi connectivity index (χ0v) is 16.7. The van der Waals surface area contributed by atoms with Crippen LogP contribution in [0.5, 0.6) is 0 Å². The highest BCUT2D eigenvalue weighted by molar-refractivity contribution is 5.66. The molecule has 0 unspecified atom stereocenters. The fraction of sp³-hybridized carbons (Fsp3) is 0.864.